The number of alkyl halides is 3. The summed E-state index contributed by atoms with van der Waals surface area (Å²) in [6.45, 7) is 2.53. The van der Waals surface area contributed by atoms with Crippen LogP contribution in [0.25, 0.3) is 0 Å². The molecule has 2 aromatic carbocycles. The molecule has 33 heavy (non-hydrogen) atoms. The SMILES string of the molecule is O=C(COc1ccc(CCC=NOCc2ccc(C(F)(F)F)cc2)cc1)NN1CCOCC1. The predicted molar refractivity (Wildman–Crippen MR) is 116 cm³/mol. The van der Waals surface area contributed by atoms with Crippen LogP contribution in [0.1, 0.15) is 23.1 Å². The number of morpholine rings is 1. The number of hydrazine groups is 1. The maximum absolute atomic E-state index is 12.5. The molecule has 7 nitrogen and oxygen atoms in total. The summed E-state index contributed by atoms with van der Waals surface area (Å²) in [4.78, 5) is 17.1. The van der Waals surface area contributed by atoms with Gasteiger partial charge >= 0.3 is 6.18 Å². The number of ether oxygens (including phenoxy) is 2. The second-order valence-electron chi connectivity index (χ2n) is 7.36. The molecule has 0 unspecified atom stereocenters. The molecule has 1 saturated heterocycles. The number of amides is 1. The Morgan fingerprint density at radius 3 is 2.39 bits per heavy atom. The van der Waals surface area contributed by atoms with Crippen LogP contribution in [0.5, 0.6) is 5.75 Å². The smallest absolute Gasteiger partial charge is 0.416 e. The Balaban J connectivity index is 1.30. The highest BCUT2D eigenvalue weighted by atomic mass is 19.4. The number of benzene rings is 2. The molecule has 1 heterocycles. The minimum Gasteiger partial charge on any atom is -0.484 e. The molecule has 1 N–H and O–H groups in total. The summed E-state index contributed by atoms with van der Waals surface area (Å²) in [6.07, 6.45) is -1.37. The van der Waals surface area contributed by atoms with E-state index in [0.29, 0.717) is 44.0 Å². The maximum atomic E-state index is 12.5. The van der Waals surface area contributed by atoms with Crippen LogP contribution in [-0.2, 0) is 33.6 Å². The van der Waals surface area contributed by atoms with Gasteiger partial charge in [-0.25, -0.2) is 5.01 Å². The number of nitrogens with zero attached hydrogens (tertiary/aromatic N) is 2. The Kier molecular flexibility index (Phi) is 9.08. The van der Waals surface area contributed by atoms with Crippen LogP contribution in [0.3, 0.4) is 0 Å². The van der Waals surface area contributed by atoms with Crippen LogP contribution in [0, 0.1) is 0 Å². The molecule has 0 aliphatic carbocycles. The van der Waals surface area contributed by atoms with Gasteiger partial charge in [-0.15, -0.1) is 0 Å². The van der Waals surface area contributed by atoms with E-state index in [4.69, 9.17) is 14.3 Å². The molecule has 0 atom stereocenters. The zero-order valence-electron chi connectivity index (χ0n) is 18.0. The molecule has 178 valence electrons. The number of aryl methyl sites for hydroxylation is 1. The van der Waals surface area contributed by atoms with Crippen LogP contribution in [0.4, 0.5) is 13.2 Å². The van der Waals surface area contributed by atoms with Crippen molar-refractivity contribution in [2.75, 3.05) is 32.9 Å². The van der Waals surface area contributed by atoms with Crippen molar-refractivity contribution in [3.63, 3.8) is 0 Å². The average molecular weight is 465 g/mol. The lowest BCUT2D eigenvalue weighted by Crippen LogP contribution is -2.49. The monoisotopic (exact) mass is 465 g/mol. The van der Waals surface area contributed by atoms with Crippen molar-refractivity contribution in [3.05, 3.63) is 65.2 Å². The second kappa shape index (κ2) is 12.2. The number of oxime groups is 1. The van der Waals surface area contributed by atoms with Crippen LogP contribution in [0.2, 0.25) is 0 Å². The molecule has 0 bridgehead atoms. The van der Waals surface area contributed by atoms with Crippen molar-refractivity contribution >= 4 is 12.1 Å². The van der Waals surface area contributed by atoms with Crippen molar-refractivity contribution in [2.45, 2.75) is 25.6 Å². The summed E-state index contributed by atoms with van der Waals surface area (Å²) in [6, 6.07) is 12.2. The third-order valence-electron chi connectivity index (χ3n) is 4.81. The van der Waals surface area contributed by atoms with Gasteiger partial charge in [0.2, 0.25) is 0 Å². The molecule has 0 saturated carbocycles. The highest BCUT2D eigenvalue weighted by molar-refractivity contribution is 5.77. The van der Waals surface area contributed by atoms with Gasteiger partial charge in [-0.2, -0.15) is 13.2 Å². The summed E-state index contributed by atoms with van der Waals surface area (Å²) in [7, 11) is 0. The zero-order valence-corrected chi connectivity index (χ0v) is 18.0. The van der Waals surface area contributed by atoms with Gasteiger partial charge in [0.1, 0.15) is 12.4 Å². The van der Waals surface area contributed by atoms with Crippen molar-refractivity contribution in [1.82, 2.24) is 10.4 Å². The highest BCUT2D eigenvalue weighted by Gasteiger charge is 2.29. The summed E-state index contributed by atoms with van der Waals surface area (Å²) in [5, 5.41) is 5.65. The first-order valence-corrected chi connectivity index (χ1v) is 10.5. The molecular weight excluding hydrogens is 439 g/mol. The van der Waals surface area contributed by atoms with E-state index < -0.39 is 11.7 Å². The van der Waals surface area contributed by atoms with E-state index in [-0.39, 0.29) is 19.1 Å². The minimum atomic E-state index is -4.35. The predicted octanol–water partition coefficient (Wildman–Crippen LogP) is 3.58. The van der Waals surface area contributed by atoms with Gasteiger partial charge < -0.3 is 14.3 Å². The first kappa shape index (κ1) is 24.5. The lowest BCUT2D eigenvalue weighted by atomic mass is 10.1. The summed E-state index contributed by atoms with van der Waals surface area (Å²) >= 11 is 0. The Hall–Kier alpha value is -3.11. The molecule has 0 radical (unpaired) electrons. The van der Waals surface area contributed by atoms with Crippen molar-refractivity contribution < 1.29 is 32.3 Å². The lowest BCUT2D eigenvalue weighted by Gasteiger charge is -2.26. The molecule has 0 aromatic heterocycles. The van der Waals surface area contributed by atoms with Crippen LogP contribution in [0.15, 0.2) is 53.7 Å². The average Bonchev–Trinajstić information content (AvgIpc) is 2.81. The standard InChI is InChI=1S/C23H26F3N3O4/c24-23(25,26)20-7-3-19(4-8-20)16-33-27-11-1-2-18-5-9-21(10-6-18)32-17-22(30)28-29-12-14-31-15-13-29/h3-11H,1-2,12-17H2,(H,28,30). The normalized spacial score (nSPS) is 14.9. The lowest BCUT2D eigenvalue weighted by molar-refractivity contribution is -0.137. The fraction of sp³-hybridized carbons (Fsp3) is 0.391. The van der Waals surface area contributed by atoms with Gasteiger partial charge in [0.15, 0.2) is 6.61 Å². The van der Waals surface area contributed by atoms with Crippen LogP contribution < -0.4 is 10.2 Å². The molecular formula is C23H26F3N3O4. The number of hydrogen-bond donors (Lipinski definition) is 1. The van der Waals surface area contributed by atoms with Gasteiger partial charge in [0, 0.05) is 19.3 Å². The van der Waals surface area contributed by atoms with Gasteiger partial charge in [0.25, 0.3) is 5.91 Å². The van der Waals surface area contributed by atoms with E-state index in [1.54, 1.807) is 18.3 Å². The maximum Gasteiger partial charge on any atom is 0.416 e. The van der Waals surface area contributed by atoms with E-state index in [2.05, 4.69) is 10.6 Å². The molecule has 1 fully saturated rings. The Morgan fingerprint density at radius 2 is 1.73 bits per heavy atom. The van der Waals surface area contributed by atoms with Gasteiger partial charge in [-0.1, -0.05) is 29.4 Å². The fourth-order valence-corrected chi connectivity index (χ4v) is 3.02. The van der Waals surface area contributed by atoms with Crippen molar-refractivity contribution in [1.29, 1.82) is 0 Å². The molecule has 3 rings (SSSR count). The summed E-state index contributed by atoms with van der Waals surface area (Å²) in [5.74, 6) is 0.387. The Morgan fingerprint density at radius 1 is 1.06 bits per heavy atom. The third-order valence-corrected chi connectivity index (χ3v) is 4.81. The number of nitrogens with one attached hydrogen (secondary N) is 1. The Bertz CT molecular complexity index is 897. The van der Waals surface area contributed by atoms with Gasteiger partial charge in [-0.3, -0.25) is 10.2 Å². The van der Waals surface area contributed by atoms with E-state index in [9.17, 15) is 18.0 Å². The first-order valence-electron chi connectivity index (χ1n) is 10.5. The van der Waals surface area contributed by atoms with Gasteiger partial charge in [0.05, 0.1) is 18.8 Å². The number of carbonyl (C=O) groups is 1. The molecule has 1 amide bonds. The van der Waals surface area contributed by atoms with Crippen LogP contribution >= 0.6 is 0 Å². The van der Waals surface area contributed by atoms with E-state index in [1.165, 1.54) is 12.1 Å². The third kappa shape index (κ3) is 8.74. The minimum absolute atomic E-state index is 0.0698. The number of rotatable bonds is 10. The number of halogens is 3. The quantitative estimate of drug-likeness (QED) is 0.429. The topological polar surface area (TPSA) is 72.4 Å². The van der Waals surface area contributed by atoms with Gasteiger partial charge in [-0.05, 0) is 48.2 Å². The van der Waals surface area contributed by atoms with Crippen LogP contribution in [-0.4, -0.2) is 50.0 Å². The number of carbonyl (C=O) groups excluding carboxylic acids is 1. The molecule has 0 spiro atoms. The summed E-state index contributed by atoms with van der Waals surface area (Å²) in [5.41, 5.74) is 3.76. The second-order valence-corrected chi connectivity index (χ2v) is 7.36. The fourth-order valence-electron chi connectivity index (χ4n) is 3.02. The zero-order chi connectivity index (χ0) is 23.5. The first-order chi connectivity index (χ1) is 15.9. The molecule has 1 aliphatic rings. The van der Waals surface area contributed by atoms with E-state index in [0.717, 1.165) is 24.1 Å². The number of hydrogen-bond acceptors (Lipinski definition) is 6. The largest absolute Gasteiger partial charge is 0.484 e. The summed E-state index contributed by atoms with van der Waals surface area (Å²) < 4.78 is 48.4. The molecule has 1 aliphatic heterocycles. The van der Waals surface area contributed by atoms with E-state index in [1.807, 2.05) is 17.1 Å². The van der Waals surface area contributed by atoms with E-state index >= 15 is 0 Å². The molecule has 2 aromatic rings. The highest BCUT2D eigenvalue weighted by Crippen LogP contribution is 2.29. The Labute approximate surface area is 190 Å². The van der Waals surface area contributed by atoms with Crippen molar-refractivity contribution in [2.24, 2.45) is 5.16 Å². The molecule has 10 heteroatoms. The van der Waals surface area contributed by atoms with Crippen molar-refractivity contribution in [3.8, 4) is 5.75 Å².